The number of ether oxygens (including phenoxy) is 2. The van der Waals surface area contributed by atoms with Crippen molar-refractivity contribution in [2.45, 2.75) is 6.54 Å². The van der Waals surface area contributed by atoms with Gasteiger partial charge in [0.15, 0.2) is 5.69 Å². The highest BCUT2D eigenvalue weighted by Gasteiger charge is 2.07. The highest BCUT2D eigenvalue weighted by atomic mass is 16.5. The quantitative estimate of drug-likeness (QED) is 0.625. The van der Waals surface area contributed by atoms with Crippen molar-refractivity contribution in [3.05, 3.63) is 11.9 Å². The van der Waals surface area contributed by atoms with Crippen LogP contribution in [-0.4, -0.2) is 53.0 Å². The van der Waals surface area contributed by atoms with Gasteiger partial charge in [0, 0.05) is 7.11 Å². The van der Waals surface area contributed by atoms with Crippen LogP contribution in [0.4, 0.5) is 0 Å². The molecule has 0 spiro atoms. The summed E-state index contributed by atoms with van der Waals surface area (Å²) in [6, 6.07) is 0. The molecular weight excluding hydrogens is 202 g/mol. The van der Waals surface area contributed by atoms with Crippen molar-refractivity contribution in [2.75, 3.05) is 26.9 Å². The number of methoxy groups -OCH3 is 1. The molecule has 1 rings (SSSR count). The summed E-state index contributed by atoms with van der Waals surface area (Å²) < 4.78 is 11.4. The van der Waals surface area contributed by atoms with E-state index in [9.17, 15) is 4.79 Å². The molecule has 1 aromatic heterocycles. The molecule has 7 heteroatoms. The second kappa shape index (κ2) is 6.10. The summed E-state index contributed by atoms with van der Waals surface area (Å²) >= 11 is 0. The van der Waals surface area contributed by atoms with Gasteiger partial charge in [-0.25, -0.2) is 9.48 Å². The molecule has 1 aromatic rings. The predicted molar refractivity (Wildman–Crippen MR) is 49.7 cm³/mol. The molecule has 0 amide bonds. The minimum atomic E-state index is -1.08. The van der Waals surface area contributed by atoms with E-state index in [1.54, 1.807) is 7.11 Å². The van der Waals surface area contributed by atoms with Crippen LogP contribution in [0.25, 0.3) is 0 Å². The molecule has 0 atom stereocenters. The Hall–Kier alpha value is -1.47. The van der Waals surface area contributed by atoms with Crippen LogP contribution >= 0.6 is 0 Å². The van der Waals surface area contributed by atoms with E-state index in [-0.39, 0.29) is 5.69 Å². The molecule has 0 saturated carbocycles. The van der Waals surface area contributed by atoms with Gasteiger partial charge in [-0.2, -0.15) is 0 Å². The van der Waals surface area contributed by atoms with Crippen molar-refractivity contribution < 1.29 is 19.4 Å². The molecule has 0 radical (unpaired) electrons. The van der Waals surface area contributed by atoms with Crippen molar-refractivity contribution in [1.82, 2.24) is 15.0 Å². The maximum atomic E-state index is 10.5. The minimum absolute atomic E-state index is 0.0631. The second-order valence-electron chi connectivity index (χ2n) is 2.78. The van der Waals surface area contributed by atoms with Crippen molar-refractivity contribution in [1.29, 1.82) is 0 Å². The summed E-state index contributed by atoms with van der Waals surface area (Å²) in [7, 11) is 1.60. The number of carboxylic acid groups (broad SMARTS) is 1. The van der Waals surface area contributed by atoms with Gasteiger partial charge in [-0.15, -0.1) is 5.10 Å². The summed E-state index contributed by atoms with van der Waals surface area (Å²) in [5, 5.41) is 15.7. The lowest BCUT2D eigenvalue weighted by molar-refractivity contribution is 0.0651. The van der Waals surface area contributed by atoms with E-state index in [1.165, 1.54) is 10.9 Å². The van der Waals surface area contributed by atoms with Crippen molar-refractivity contribution in [3.63, 3.8) is 0 Å². The van der Waals surface area contributed by atoms with Gasteiger partial charge in [-0.3, -0.25) is 0 Å². The lowest BCUT2D eigenvalue weighted by Crippen LogP contribution is -2.09. The van der Waals surface area contributed by atoms with Crippen LogP contribution in [0, 0.1) is 0 Å². The number of carbonyl (C=O) groups is 1. The van der Waals surface area contributed by atoms with Crippen LogP contribution in [0.5, 0.6) is 0 Å². The van der Waals surface area contributed by atoms with Crippen LogP contribution in [0.2, 0.25) is 0 Å². The first-order valence-electron chi connectivity index (χ1n) is 4.44. The third kappa shape index (κ3) is 4.05. The fourth-order valence-electron chi connectivity index (χ4n) is 0.908. The fourth-order valence-corrected chi connectivity index (χ4v) is 0.908. The van der Waals surface area contributed by atoms with E-state index in [4.69, 9.17) is 14.6 Å². The average Bonchev–Trinajstić information content (AvgIpc) is 2.66. The first-order valence-corrected chi connectivity index (χ1v) is 4.44. The van der Waals surface area contributed by atoms with Crippen LogP contribution < -0.4 is 0 Å². The van der Waals surface area contributed by atoms with Gasteiger partial charge in [0.1, 0.15) is 0 Å². The van der Waals surface area contributed by atoms with Crippen LogP contribution in [0.3, 0.4) is 0 Å². The first-order chi connectivity index (χ1) is 7.24. The third-order valence-corrected chi connectivity index (χ3v) is 1.65. The van der Waals surface area contributed by atoms with Gasteiger partial charge in [0.25, 0.3) is 0 Å². The first kappa shape index (κ1) is 11.6. The number of aromatic carboxylic acids is 1. The zero-order valence-corrected chi connectivity index (χ0v) is 8.42. The van der Waals surface area contributed by atoms with Gasteiger partial charge < -0.3 is 14.6 Å². The SMILES string of the molecule is COCCOCCn1cc(C(=O)O)nn1. The van der Waals surface area contributed by atoms with Gasteiger partial charge in [-0.1, -0.05) is 5.21 Å². The Kier molecular flexibility index (Phi) is 4.72. The number of rotatable bonds is 7. The molecule has 0 bridgehead atoms. The van der Waals surface area contributed by atoms with Gasteiger partial charge in [0.2, 0.25) is 0 Å². The number of nitrogens with zero attached hydrogens (tertiary/aromatic N) is 3. The van der Waals surface area contributed by atoms with Crippen LogP contribution in [0.1, 0.15) is 10.5 Å². The molecule has 1 heterocycles. The van der Waals surface area contributed by atoms with Crippen LogP contribution in [0.15, 0.2) is 6.20 Å². The number of hydrogen-bond acceptors (Lipinski definition) is 5. The summed E-state index contributed by atoms with van der Waals surface area (Å²) in [6.45, 7) is 1.98. The Balaban J connectivity index is 2.23. The highest BCUT2D eigenvalue weighted by Crippen LogP contribution is 1.92. The lowest BCUT2D eigenvalue weighted by atomic mass is 10.5. The molecule has 7 nitrogen and oxygen atoms in total. The van der Waals surface area contributed by atoms with Crippen molar-refractivity contribution in [3.8, 4) is 0 Å². The van der Waals surface area contributed by atoms with E-state index in [0.29, 0.717) is 26.4 Å². The Morgan fingerprint density at radius 1 is 1.53 bits per heavy atom. The molecule has 84 valence electrons. The fraction of sp³-hybridized carbons (Fsp3) is 0.625. The minimum Gasteiger partial charge on any atom is -0.476 e. The Morgan fingerprint density at radius 3 is 2.93 bits per heavy atom. The van der Waals surface area contributed by atoms with E-state index >= 15 is 0 Å². The average molecular weight is 215 g/mol. The van der Waals surface area contributed by atoms with Crippen molar-refractivity contribution >= 4 is 5.97 Å². The summed E-state index contributed by atoms with van der Waals surface area (Å²) in [4.78, 5) is 10.5. The summed E-state index contributed by atoms with van der Waals surface area (Å²) in [5.41, 5.74) is -0.0631. The number of aromatic nitrogens is 3. The molecule has 0 aliphatic carbocycles. The monoisotopic (exact) mass is 215 g/mol. The number of hydrogen-bond donors (Lipinski definition) is 1. The molecular formula is C8H13N3O4. The van der Waals surface area contributed by atoms with Gasteiger partial charge >= 0.3 is 5.97 Å². The topological polar surface area (TPSA) is 86.5 Å². The molecule has 0 fully saturated rings. The lowest BCUT2D eigenvalue weighted by Gasteiger charge is -2.02. The smallest absolute Gasteiger partial charge is 0.358 e. The zero-order valence-electron chi connectivity index (χ0n) is 8.42. The Labute approximate surface area is 86.6 Å². The second-order valence-corrected chi connectivity index (χ2v) is 2.78. The number of carboxylic acids is 1. The zero-order chi connectivity index (χ0) is 11.1. The van der Waals surface area contributed by atoms with Gasteiger partial charge in [-0.05, 0) is 0 Å². The molecule has 15 heavy (non-hydrogen) atoms. The van der Waals surface area contributed by atoms with Gasteiger partial charge in [0.05, 0.1) is 32.6 Å². The van der Waals surface area contributed by atoms with E-state index in [2.05, 4.69) is 10.3 Å². The molecule has 0 aliphatic heterocycles. The molecule has 1 N–H and O–H groups in total. The molecule has 0 aromatic carbocycles. The normalized spacial score (nSPS) is 10.5. The van der Waals surface area contributed by atoms with E-state index in [0.717, 1.165) is 0 Å². The Morgan fingerprint density at radius 2 is 2.33 bits per heavy atom. The molecule has 0 unspecified atom stereocenters. The highest BCUT2D eigenvalue weighted by molar-refractivity contribution is 5.84. The molecule has 0 saturated heterocycles. The van der Waals surface area contributed by atoms with E-state index < -0.39 is 5.97 Å². The third-order valence-electron chi connectivity index (χ3n) is 1.65. The van der Waals surface area contributed by atoms with Crippen molar-refractivity contribution in [2.24, 2.45) is 0 Å². The van der Waals surface area contributed by atoms with E-state index in [1.807, 2.05) is 0 Å². The predicted octanol–water partition coefficient (Wildman–Crippen LogP) is -0.361. The maximum absolute atomic E-state index is 10.5. The maximum Gasteiger partial charge on any atom is 0.358 e. The largest absolute Gasteiger partial charge is 0.476 e. The summed E-state index contributed by atoms with van der Waals surface area (Å²) in [6.07, 6.45) is 1.36. The summed E-state index contributed by atoms with van der Waals surface area (Å²) in [5.74, 6) is -1.08. The van der Waals surface area contributed by atoms with Crippen LogP contribution in [-0.2, 0) is 16.0 Å². The molecule has 0 aliphatic rings. The Bertz CT molecular complexity index is 313. The standard InChI is InChI=1S/C8H13N3O4/c1-14-4-5-15-3-2-11-6-7(8(12)13)9-10-11/h6H,2-5H2,1H3,(H,12,13).